The van der Waals surface area contributed by atoms with Gasteiger partial charge in [-0.3, -0.25) is 14.7 Å². The predicted molar refractivity (Wildman–Crippen MR) is 94.2 cm³/mol. The largest absolute Gasteiger partial charge is 0.346 e. The van der Waals surface area contributed by atoms with Gasteiger partial charge in [0, 0.05) is 18.6 Å². The van der Waals surface area contributed by atoms with Crippen molar-refractivity contribution in [3.8, 4) is 0 Å². The zero-order valence-corrected chi connectivity index (χ0v) is 13.5. The van der Waals surface area contributed by atoms with E-state index in [0.29, 0.717) is 5.65 Å². The monoisotopic (exact) mass is 333 g/mol. The maximum absolute atomic E-state index is 12.5. The average molecular weight is 333 g/mol. The molecule has 0 aliphatic heterocycles. The molecule has 124 valence electrons. The van der Waals surface area contributed by atoms with E-state index < -0.39 is 5.91 Å². The van der Waals surface area contributed by atoms with Crippen LogP contribution in [0.2, 0.25) is 0 Å². The van der Waals surface area contributed by atoms with E-state index in [2.05, 4.69) is 20.5 Å². The third-order valence-corrected chi connectivity index (χ3v) is 4.21. The average Bonchev–Trinajstić information content (AvgIpc) is 3.06. The molecule has 4 rings (SSSR count). The predicted octanol–water partition coefficient (Wildman–Crippen LogP) is 1.74. The van der Waals surface area contributed by atoms with Gasteiger partial charge in [-0.25, -0.2) is 4.98 Å². The fourth-order valence-corrected chi connectivity index (χ4v) is 2.89. The summed E-state index contributed by atoms with van der Waals surface area (Å²) in [6.45, 7) is 0.233. The molecule has 0 unspecified atom stereocenters. The zero-order valence-electron chi connectivity index (χ0n) is 13.5. The van der Waals surface area contributed by atoms with E-state index in [4.69, 9.17) is 0 Å². The summed E-state index contributed by atoms with van der Waals surface area (Å²) >= 11 is 0. The van der Waals surface area contributed by atoms with Gasteiger partial charge < -0.3 is 9.88 Å². The Morgan fingerprint density at radius 1 is 1.24 bits per heavy atom. The standard InChI is InChI=1S/C18H15N5O2/c1-23-15-7-3-2-5-11(15)9-13(18(23)25)17(24)20-10-14-12-6-4-8-19-16(12)22-21-14/h2-9H,10H2,1H3,(H,20,24)(H,19,21,22). The van der Waals surface area contributed by atoms with Crippen LogP contribution in [0.4, 0.5) is 0 Å². The number of carbonyl (C=O) groups excluding carboxylic acids is 1. The summed E-state index contributed by atoms with van der Waals surface area (Å²) in [6.07, 6.45) is 1.66. The first kappa shape index (κ1) is 15.1. The molecule has 0 atom stereocenters. The molecule has 1 amide bonds. The van der Waals surface area contributed by atoms with Crippen LogP contribution in [0.3, 0.4) is 0 Å². The Morgan fingerprint density at radius 3 is 2.96 bits per heavy atom. The van der Waals surface area contributed by atoms with Gasteiger partial charge in [-0.05, 0) is 29.7 Å². The van der Waals surface area contributed by atoms with E-state index >= 15 is 0 Å². The molecule has 1 aromatic carbocycles. The molecule has 25 heavy (non-hydrogen) atoms. The summed E-state index contributed by atoms with van der Waals surface area (Å²) in [6, 6.07) is 12.8. The van der Waals surface area contributed by atoms with Crippen molar-refractivity contribution < 1.29 is 4.79 Å². The number of fused-ring (bicyclic) bond motifs is 2. The first-order valence-electron chi connectivity index (χ1n) is 7.80. The van der Waals surface area contributed by atoms with E-state index in [-0.39, 0.29) is 17.7 Å². The van der Waals surface area contributed by atoms with Crippen molar-refractivity contribution in [3.63, 3.8) is 0 Å². The van der Waals surface area contributed by atoms with Crippen molar-refractivity contribution in [1.29, 1.82) is 0 Å². The van der Waals surface area contributed by atoms with E-state index in [9.17, 15) is 9.59 Å². The van der Waals surface area contributed by atoms with Gasteiger partial charge in [0.1, 0.15) is 5.56 Å². The summed E-state index contributed by atoms with van der Waals surface area (Å²) in [5.41, 5.74) is 1.91. The van der Waals surface area contributed by atoms with Crippen molar-refractivity contribution in [2.45, 2.75) is 6.54 Å². The summed E-state index contributed by atoms with van der Waals surface area (Å²) in [4.78, 5) is 29.1. The number of carbonyl (C=O) groups is 1. The number of aromatic amines is 1. The van der Waals surface area contributed by atoms with Gasteiger partial charge in [-0.15, -0.1) is 0 Å². The molecule has 3 heterocycles. The van der Waals surface area contributed by atoms with Crippen molar-refractivity contribution >= 4 is 27.8 Å². The Hall–Kier alpha value is -3.48. The van der Waals surface area contributed by atoms with E-state index in [1.165, 1.54) is 4.57 Å². The smallest absolute Gasteiger partial charge is 0.263 e. The summed E-state index contributed by atoms with van der Waals surface area (Å²) in [7, 11) is 1.66. The summed E-state index contributed by atoms with van der Waals surface area (Å²) in [5, 5.41) is 11.4. The molecular formula is C18H15N5O2. The van der Waals surface area contributed by atoms with Gasteiger partial charge in [0.15, 0.2) is 5.65 Å². The van der Waals surface area contributed by atoms with Crippen LogP contribution in [-0.4, -0.2) is 25.7 Å². The molecule has 0 spiro atoms. The van der Waals surface area contributed by atoms with Crippen molar-refractivity contribution in [2.75, 3.05) is 0 Å². The molecule has 0 bridgehead atoms. The number of rotatable bonds is 3. The Labute approximate surface area is 142 Å². The van der Waals surface area contributed by atoms with Crippen molar-refractivity contribution in [1.82, 2.24) is 25.1 Å². The van der Waals surface area contributed by atoms with Crippen LogP contribution in [0.1, 0.15) is 16.1 Å². The van der Waals surface area contributed by atoms with Crippen LogP contribution < -0.4 is 10.9 Å². The molecule has 0 saturated heterocycles. The number of aromatic nitrogens is 4. The quantitative estimate of drug-likeness (QED) is 0.597. The highest BCUT2D eigenvalue weighted by Crippen LogP contribution is 2.14. The Bertz CT molecular complexity index is 1160. The second-order valence-electron chi connectivity index (χ2n) is 5.74. The van der Waals surface area contributed by atoms with Gasteiger partial charge in [-0.1, -0.05) is 18.2 Å². The zero-order chi connectivity index (χ0) is 17.4. The minimum Gasteiger partial charge on any atom is -0.346 e. The number of H-pyrrole nitrogens is 1. The van der Waals surface area contributed by atoms with Crippen molar-refractivity contribution in [2.24, 2.45) is 7.05 Å². The lowest BCUT2D eigenvalue weighted by molar-refractivity contribution is 0.0949. The first-order valence-corrected chi connectivity index (χ1v) is 7.80. The van der Waals surface area contributed by atoms with Gasteiger partial charge in [-0.2, -0.15) is 5.10 Å². The highest BCUT2D eigenvalue weighted by molar-refractivity contribution is 5.97. The number of pyridine rings is 2. The molecule has 0 radical (unpaired) electrons. The third-order valence-electron chi connectivity index (χ3n) is 4.21. The van der Waals surface area contributed by atoms with Gasteiger partial charge in [0.25, 0.3) is 11.5 Å². The molecular weight excluding hydrogens is 318 g/mol. The van der Waals surface area contributed by atoms with Crippen molar-refractivity contribution in [3.05, 3.63) is 70.3 Å². The summed E-state index contributed by atoms with van der Waals surface area (Å²) < 4.78 is 1.49. The van der Waals surface area contributed by atoms with Gasteiger partial charge >= 0.3 is 0 Å². The number of hydrogen-bond donors (Lipinski definition) is 2. The molecule has 0 fully saturated rings. The van der Waals surface area contributed by atoms with E-state index in [1.807, 2.05) is 36.4 Å². The number of nitrogens with one attached hydrogen (secondary N) is 2. The lowest BCUT2D eigenvalue weighted by Crippen LogP contribution is -2.32. The lowest BCUT2D eigenvalue weighted by Gasteiger charge is -2.09. The molecule has 0 aliphatic carbocycles. The first-order chi connectivity index (χ1) is 12.1. The Morgan fingerprint density at radius 2 is 2.08 bits per heavy atom. The second kappa shape index (κ2) is 5.86. The van der Waals surface area contributed by atoms with Crippen LogP contribution in [0.15, 0.2) is 53.5 Å². The van der Waals surface area contributed by atoms with Crippen LogP contribution in [-0.2, 0) is 13.6 Å². The van der Waals surface area contributed by atoms with Gasteiger partial charge in [0.05, 0.1) is 17.8 Å². The van der Waals surface area contributed by atoms with Crippen LogP contribution in [0.25, 0.3) is 21.9 Å². The number of hydrogen-bond acceptors (Lipinski definition) is 4. The topological polar surface area (TPSA) is 92.7 Å². The van der Waals surface area contributed by atoms with Crippen LogP contribution in [0, 0.1) is 0 Å². The SMILES string of the molecule is Cn1c(=O)c(C(=O)NCc2[nH]nc3ncccc23)cc2ccccc21. The summed E-state index contributed by atoms with van der Waals surface area (Å²) in [5.74, 6) is -0.419. The van der Waals surface area contributed by atoms with E-state index in [1.54, 1.807) is 19.3 Å². The number of para-hydroxylation sites is 1. The molecule has 3 aromatic heterocycles. The van der Waals surface area contributed by atoms with Crippen LogP contribution >= 0.6 is 0 Å². The number of aryl methyl sites for hydroxylation is 1. The van der Waals surface area contributed by atoms with Crippen LogP contribution in [0.5, 0.6) is 0 Å². The number of nitrogens with zero attached hydrogens (tertiary/aromatic N) is 3. The van der Waals surface area contributed by atoms with E-state index in [0.717, 1.165) is 22.0 Å². The Balaban J connectivity index is 1.64. The molecule has 2 N–H and O–H groups in total. The maximum atomic E-state index is 12.5. The molecule has 7 nitrogen and oxygen atoms in total. The molecule has 4 aromatic rings. The molecule has 0 aliphatic rings. The second-order valence-corrected chi connectivity index (χ2v) is 5.74. The maximum Gasteiger partial charge on any atom is 0.263 e. The lowest BCUT2D eigenvalue weighted by atomic mass is 10.1. The highest BCUT2D eigenvalue weighted by Gasteiger charge is 2.15. The number of benzene rings is 1. The molecule has 7 heteroatoms. The third kappa shape index (κ3) is 2.55. The highest BCUT2D eigenvalue weighted by atomic mass is 16.2. The van der Waals surface area contributed by atoms with Gasteiger partial charge in [0.2, 0.25) is 0 Å². The Kier molecular flexibility index (Phi) is 3.53. The normalized spacial score (nSPS) is 11.1. The minimum atomic E-state index is -0.419. The number of amides is 1. The minimum absolute atomic E-state index is 0.114. The fraction of sp³-hybridized carbons (Fsp3) is 0.111. The fourth-order valence-electron chi connectivity index (χ4n) is 2.89. The molecule has 0 saturated carbocycles.